The fourth-order valence-corrected chi connectivity index (χ4v) is 5.55. The van der Waals surface area contributed by atoms with E-state index in [0.717, 1.165) is 5.56 Å². The van der Waals surface area contributed by atoms with Crippen LogP contribution in [0.3, 0.4) is 0 Å². The largest absolute Gasteiger partial charge is 0.351 e. The highest BCUT2D eigenvalue weighted by Gasteiger charge is 2.31. The maximum absolute atomic E-state index is 13.7. The molecule has 0 saturated carbocycles. The Morgan fingerprint density at radius 2 is 1.75 bits per heavy atom. The fraction of sp³-hybridized carbons (Fsp3) is 0.259. The minimum absolute atomic E-state index is 0.167. The first-order valence-corrected chi connectivity index (χ1v) is 13.2. The van der Waals surface area contributed by atoms with Crippen molar-refractivity contribution in [3.05, 3.63) is 88.4 Å². The van der Waals surface area contributed by atoms with E-state index in [-0.39, 0.29) is 24.9 Å². The summed E-state index contributed by atoms with van der Waals surface area (Å²) >= 11 is 6.18. The third kappa shape index (κ3) is 5.68. The molecule has 0 fully saturated rings. The number of nitrogens with one attached hydrogen (secondary N) is 1. The quantitative estimate of drug-likeness (QED) is 0.405. The third-order valence-electron chi connectivity index (χ3n) is 5.64. The minimum atomic E-state index is -1.61. The zero-order chi connectivity index (χ0) is 25.7. The molecule has 1 atom stereocenters. The summed E-state index contributed by atoms with van der Waals surface area (Å²) in [4.78, 5) is 29.1. The molecule has 3 aromatic rings. The van der Waals surface area contributed by atoms with Crippen LogP contribution in [-0.4, -0.2) is 42.1 Å². The molecule has 9 heteroatoms. The van der Waals surface area contributed by atoms with Crippen LogP contribution in [0.2, 0.25) is 5.02 Å². The summed E-state index contributed by atoms with van der Waals surface area (Å²) in [6.07, 6.45) is -0.562. The predicted molar refractivity (Wildman–Crippen MR) is 139 cm³/mol. The SMILES string of the molecule is CCOC(CNC(=O)c1ccc2c(c1)N(Cc1cccc(Cl)c1)C(=O)c1ccccc1[S@]2=O)OCC. The molecule has 0 bridgehead atoms. The van der Waals surface area contributed by atoms with Crippen LogP contribution in [0.5, 0.6) is 0 Å². The van der Waals surface area contributed by atoms with Gasteiger partial charge in [-0.3, -0.25) is 9.59 Å². The van der Waals surface area contributed by atoms with E-state index in [4.69, 9.17) is 21.1 Å². The molecule has 1 N–H and O–H groups in total. The fourth-order valence-electron chi connectivity index (χ4n) is 4.00. The highest BCUT2D eigenvalue weighted by atomic mass is 35.5. The van der Waals surface area contributed by atoms with Gasteiger partial charge in [0.05, 0.1) is 44.9 Å². The Kier molecular flexibility index (Phi) is 8.53. The van der Waals surface area contributed by atoms with Crippen LogP contribution in [0.1, 0.15) is 40.1 Å². The molecule has 0 aliphatic carbocycles. The van der Waals surface area contributed by atoms with Gasteiger partial charge in [0.2, 0.25) is 0 Å². The summed E-state index contributed by atoms with van der Waals surface area (Å²) in [6, 6.07) is 18.9. The highest BCUT2D eigenvalue weighted by molar-refractivity contribution is 7.85. The molecule has 4 rings (SSSR count). The number of carbonyl (C=O) groups excluding carboxylic acids is 2. The molecule has 188 valence electrons. The molecule has 0 saturated heterocycles. The Bertz CT molecular complexity index is 1290. The van der Waals surface area contributed by atoms with Crippen LogP contribution in [0, 0.1) is 0 Å². The lowest BCUT2D eigenvalue weighted by atomic mass is 10.1. The van der Waals surface area contributed by atoms with Crippen LogP contribution in [0.25, 0.3) is 0 Å². The van der Waals surface area contributed by atoms with E-state index in [1.807, 2.05) is 26.0 Å². The Balaban J connectivity index is 1.72. The number of fused-ring (bicyclic) bond motifs is 2. The van der Waals surface area contributed by atoms with Gasteiger partial charge in [-0.2, -0.15) is 0 Å². The molecule has 0 unspecified atom stereocenters. The average Bonchev–Trinajstić information content (AvgIpc) is 2.97. The van der Waals surface area contributed by atoms with Crippen molar-refractivity contribution >= 4 is 39.9 Å². The molecule has 1 aliphatic rings. The predicted octanol–water partition coefficient (Wildman–Crippen LogP) is 4.80. The first kappa shape index (κ1) is 26.0. The van der Waals surface area contributed by atoms with Crippen LogP contribution in [0.4, 0.5) is 5.69 Å². The second-order valence-corrected chi connectivity index (χ2v) is 9.87. The number of benzene rings is 3. The highest BCUT2D eigenvalue weighted by Crippen LogP contribution is 2.36. The zero-order valence-corrected chi connectivity index (χ0v) is 21.6. The summed E-state index contributed by atoms with van der Waals surface area (Å²) in [7, 11) is -1.61. The summed E-state index contributed by atoms with van der Waals surface area (Å²) in [6.45, 7) is 4.96. The maximum atomic E-state index is 13.7. The van der Waals surface area contributed by atoms with E-state index in [1.54, 1.807) is 59.5 Å². The van der Waals surface area contributed by atoms with Crippen molar-refractivity contribution in [2.24, 2.45) is 0 Å². The second kappa shape index (κ2) is 11.8. The number of halogens is 1. The van der Waals surface area contributed by atoms with Gasteiger partial charge in [0.15, 0.2) is 6.29 Å². The summed E-state index contributed by atoms with van der Waals surface area (Å²) in [5.74, 6) is -0.659. The van der Waals surface area contributed by atoms with E-state index < -0.39 is 17.1 Å². The van der Waals surface area contributed by atoms with Gasteiger partial charge in [-0.1, -0.05) is 35.9 Å². The molecule has 36 heavy (non-hydrogen) atoms. The number of anilines is 1. The summed E-state index contributed by atoms with van der Waals surface area (Å²) in [5, 5.41) is 3.36. The number of ether oxygens (including phenoxy) is 2. The summed E-state index contributed by atoms with van der Waals surface area (Å²) < 4.78 is 24.5. The van der Waals surface area contributed by atoms with Gasteiger partial charge in [-0.25, -0.2) is 4.21 Å². The molecule has 3 aromatic carbocycles. The van der Waals surface area contributed by atoms with Gasteiger partial charge in [0, 0.05) is 23.8 Å². The van der Waals surface area contributed by atoms with Crippen LogP contribution in [-0.2, 0) is 26.8 Å². The molecule has 1 aliphatic heterocycles. The Morgan fingerprint density at radius 3 is 2.47 bits per heavy atom. The second-order valence-electron chi connectivity index (χ2n) is 8.02. The smallest absolute Gasteiger partial charge is 0.259 e. The molecular weight excluding hydrogens is 500 g/mol. The Morgan fingerprint density at radius 1 is 1.00 bits per heavy atom. The van der Waals surface area contributed by atoms with Crippen molar-refractivity contribution in [3.63, 3.8) is 0 Å². The zero-order valence-electron chi connectivity index (χ0n) is 20.0. The summed E-state index contributed by atoms with van der Waals surface area (Å²) in [5.41, 5.74) is 1.90. The first-order valence-electron chi connectivity index (χ1n) is 11.7. The number of hydrogen-bond acceptors (Lipinski definition) is 5. The average molecular weight is 527 g/mol. The molecule has 2 amide bonds. The molecule has 7 nitrogen and oxygen atoms in total. The van der Waals surface area contributed by atoms with Crippen LogP contribution >= 0.6 is 11.6 Å². The monoisotopic (exact) mass is 526 g/mol. The topological polar surface area (TPSA) is 84.9 Å². The van der Waals surface area contributed by atoms with Gasteiger partial charge in [-0.15, -0.1) is 0 Å². The third-order valence-corrected chi connectivity index (χ3v) is 7.37. The van der Waals surface area contributed by atoms with Crippen LogP contribution in [0.15, 0.2) is 76.5 Å². The van der Waals surface area contributed by atoms with Crippen LogP contribution < -0.4 is 10.2 Å². The van der Waals surface area contributed by atoms with Gasteiger partial charge < -0.3 is 19.7 Å². The van der Waals surface area contributed by atoms with Gasteiger partial charge in [0.25, 0.3) is 11.8 Å². The van der Waals surface area contributed by atoms with E-state index in [1.165, 1.54) is 0 Å². The molecule has 0 aromatic heterocycles. The first-order chi connectivity index (χ1) is 17.4. The number of rotatable bonds is 9. The number of nitrogens with zero attached hydrogens (tertiary/aromatic N) is 1. The van der Waals surface area contributed by atoms with Crippen molar-refractivity contribution in [3.8, 4) is 0 Å². The minimum Gasteiger partial charge on any atom is -0.351 e. The number of carbonyl (C=O) groups is 2. The van der Waals surface area contributed by atoms with Crippen molar-refractivity contribution in [1.29, 1.82) is 0 Å². The molecule has 1 heterocycles. The lowest BCUT2D eigenvalue weighted by Crippen LogP contribution is -2.35. The van der Waals surface area contributed by atoms with Gasteiger partial charge >= 0.3 is 0 Å². The Labute approximate surface area is 217 Å². The Hall–Kier alpha value is -3.04. The number of hydrogen-bond donors (Lipinski definition) is 1. The maximum Gasteiger partial charge on any atom is 0.259 e. The molecular formula is C27H27ClN2O5S. The van der Waals surface area contributed by atoms with E-state index in [9.17, 15) is 13.8 Å². The van der Waals surface area contributed by atoms with Crippen molar-refractivity contribution in [2.45, 2.75) is 36.5 Å². The van der Waals surface area contributed by atoms with Crippen molar-refractivity contribution in [2.75, 3.05) is 24.7 Å². The molecule has 0 spiro atoms. The lowest BCUT2D eigenvalue weighted by Gasteiger charge is -2.24. The van der Waals surface area contributed by atoms with Crippen molar-refractivity contribution < 1.29 is 23.3 Å². The molecule has 0 radical (unpaired) electrons. The van der Waals surface area contributed by atoms with Gasteiger partial charge in [0.1, 0.15) is 0 Å². The van der Waals surface area contributed by atoms with E-state index in [0.29, 0.717) is 44.8 Å². The van der Waals surface area contributed by atoms with E-state index in [2.05, 4.69) is 5.32 Å². The van der Waals surface area contributed by atoms with E-state index >= 15 is 0 Å². The van der Waals surface area contributed by atoms with Gasteiger partial charge in [-0.05, 0) is 61.9 Å². The normalized spacial score (nSPS) is 14.8. The number of amides is 2. The van der Waals surface area contributed by atoms with Crippen molar-refractivity contribution in [1.82, 2.24) is 5.32 Å². The standard InChI is InChI=1S/C27H27ClN2O5S/c1-3-34-25(35-4-2)16-29-26(31)19-12-13-24-22(15-19)30(17-18-8-7-9-20(28)14-18)27(32)21-10-5-6-11-23(21)36(24)33/h5-15,25H,3-4,16-17H2,1-2H3,(H,29,31)/t36-/m1/s1. The lowest BCUT2D eigenvalue weighted by molar-refractivity contribution is -0.131.